The SMILES string of the molecule is C=N.C=O.CC(C)(C)C(=O)c1ccc(C(C)(C)C)cc1.CC(C)(C)CC(=O)CC(Cc1ccccc1)C(C)(C)C.CC(C)(C)CC(=O)N1CCCC1C(C)(C)C.CC(C)(C)CC(=O)Nc1ccccc1C(C)(C)C.CC(C)(C)CC(=O)c1ccc(C(C)(C)C)cc1.COc1cc(C(=O)CC(C)(C)C)ccc1C(C)(C)C. The van der Waals surface area contributed by atoms with Gasteiger partial charge in [0.05, 0.1) is 7.11 Å². The molecular weight excluding hydrogens is 1360 g/mol. The zero-order chi connectivity index (χ0) is 86.6. The highest BCUT2D eigenvalue weighted by Gasteiger charge is 2.38. The van der Waals surface area contributed by atoms with Crippen LogP contribution in [-0.2, 0) is 47.3 Å². The highest BCUT2D eigenvalue weighted by molar-refractivity contribution is 6.00. The van der Waals surface area contributed by atoms with Crippen molar-refractivity contribution >= 4 is 54.1 Å². The fourth-order valence-corrected chi connectivity index (χ4v) is 12.3. The Balaban J connectivity index is 0. The molecule has 1 aliphatic rings. The highest BCUT2D eigenvalue weighted by atomic mass is 16.5. The Bertz CT molecular complexity index is 3580. The van der Waals surface area contributed by atoms with E-state index < -0.39 is 0 Å². The van der Waals surface area contributed by atoms with Gasteiger partial charge in [-0.2, -0.15) is 0 Å². The number of para-hydroxylation sites is 1. The Morgan fingerprint density at radius 3 is 1.22 bits per heavy atom. The minimum Gasteiger partial charge on any atom is -0.496 e. The van der Waals surface area contributed by atoms with Gasteiger partial charge in [0, 0.05) is 78.9 Å². The molecule has 1 saturated heterocycles. The van der Waals surface area contributed by atoms with Gasteiger partial charge in [0.15, 0.2) is 17.3 Å². The van der Waals surface area contributed by atoms with Crippen LogP contribution >= 0.6 is 0 Å². The van der Waals surface area contributed by atoms with Crippen molar-refractivity contribution in [3.8, 4) is 5.75 Å². The summed E-state index contributed by atoms with van der Waals surface area (Å²) in [6, 6.07) is 40.8. The van der Waals surface area contributed by atoms with Crippen molar-refractivity contribution in [1.82, 2.24) is 4.90 Å². The molecule has 2 N–H and O–H groups in total. The van der Waals surface area contributed by atoms with Crippen LogP contribution in [0.5, 0.6) is 5.75 Å². The van der Waals surface area contributed by atoms with Crippen molar-refractivity contribution in [1.29, 1.82) is 5.41 Å². The topological polar surface area (TPSA) is 168 Å². The summed E-state index contributed by atoms with van der Waals surface area (Å²) < 4.78 is 5.44. The molecule has 0 spiro atoms. The second kappa shape index (κ2) is 43.8. The van der Waals surface area contributed by atoms with Gasteiger partial charge in [-0.25, -0.2) is 0 Å². The largest absolute Gasteiger partial charge is 0.496 e. The van der Waals surface area contributed by atoms with Crippen molar-refractivity contribution in [2.24, 2.45) is 49.2 Å². The van der Waals surface area contributed by atoms with Crippen LogP contribution in [0.2, 0.25) is 0 Å². The maximum Gasteiger partial charge on any atom is 0.224 e. The number of hydrogen-bond donors (Lipinski definition) is 2. The van der Waals surface area contributed by atoms with Gasteiger partial charge >= 0.3 is 0 Å². The van der Waals surface area contributed by atoms with Crippen LogP contribution in [0.3, 0.4) is 0 Å². The lowest BCUT2D eigenvalue weighted by molar-refractivity contribution is -0.135. The number of carbonyl (C=O) groups excluding carboxylic acids is 7. The molecule has 0 saturated carbocycles. The lowest BCUT2D eigenvalue weighted by Gasteiger charge is -2.36. The maximum absolute atomic E-state index is 12.3. The van der Waals surface area contributed by atoms with Crippen molar-refractivity contribution in [3.05, 3.63) is 166 Å². The minimum absolute atomic E-state index is 0.00696. The van der Waals surface area contributed by atoms with Gasteiger partial charge in [-0.3, -0.25) is 28.8 Å². The number of nitrogens with zero attached hydrogens (tertiary/aromatic N) is 1. The summed E-state index contributed by atoms with van der Waals surface area (Å²) in [5.41, 5.74) is 10.1. The van der Waals surface area contributed by atoms with Gasteiger partial charge in [-0.05, 0) is 131 Å². The molecule has 11 heteroatoms. The normalized spacial score (nSPS) is 13.9. The van der Waals surface area contributed by atoms with Gasteiger partial charge in [-0.15, -0.1) is 0 Å². The van der Waals surface area contributed by atoms with E-state index in [9.17, 15) is 28.8 Å². The first-order valence-corrected chi connectivity index (χ1v) is 39.9. The first-order chi connectivity index (χ1) is 49.5. The predicted octanol–water partition coefficient (Wildman–Crippen LogP) is 26.6. The van der Waals surface area contributed by atoms with Crippen molar-refractivity contribution < 1.29 is 38.3 Å². The number of hydrogen-bond acceptors (Lipinski definition) is 9. The molecule has 1 aliphatic heterocycles. The molecule has 5 aromatic carbocycles. The van der Waals surface area contributed by atoms with E-state index in [0.29, 0.717) is 62.2 Å². The Morgan fingerprint density at radius 1 is 0.455 bits per heavy atom. The number of Topliss-reactive ketones (excluding diaryl/α,β-unsaturated/α-hetero) is 4. The Hall–Kier alpha value is -7.14. The van der Waals surface area contributed by atoms with Crippen molar-refractivity contribution in [2.45, 2.75) is 335 Å². The minimum atomic E-state index is -0.302. The number of ether oxygens (including phenoxy) is 1. The number of ketones is 4. The zero-order valence-electron chi connectivity index (χ0n) is 76.9. The number of amides is 2. The van der Waals surface area contributed by atoms with Gasteiger partial charge in [-0.1, -0.05) is 358 Å². The van der Waals surface area contributed by atoms with Crippen molar-refractivity contribution in [3.63, 3.8) is 0 Å². The third kappa shape index (κ3) is 43.6. The van der Waals surface area contributed by atoms with E-state index >= 15 is 0 Å². The molecule has 2 unspecified atom stereocenters. The molecule has 1 heterocycles. The van der Waals surface area contributed by atoms with Gasteiger partial charge < -0.3 is 25.2 Å². The number of anilines is 1. The molecule has 1 fully saturated rings. The summed E-state index contributed by atoms with van der Waals surface area (Å²) in [4.78, 5) is 82.9. The van der Waals surface area contributed by atoms with Gasteiger partial charge in [0.2, 0.25) is 11.8 Å². The van der Waals surface area contributed by atoms with E-state index in [0.717, 1.165) is 53.1 Å². The standard InChI is InChI=1S/C19H30O.C17H26O2.C16H25NO.C16H24O.C15H22O.C14H27NO.CH3N.CH2O/c1-18(2,3)14-17(20)13-16(19(4,5)6)12-15-10-8-7-9-11-15;1-16(2,3)11-14(18)12-8-9-13(17(4,5)6)15(10-12)19-7;1-15(2,3)11-14(18)17-13-10-8-7-9-12(13)16(4,5)6;1-15(2,3)11-14(17)12-7-9-13(10-8-12)16(4,5)6;1-14(2,3)12-9-7-11(8-10-12)13(16)15(4,5)6;1-13(2,3)10-12(16)15-9-7-8-11(15)14(4,5)6;2*1-2/h7-11,16H,12-14H2,1-6H3;8-10H,11H2,1-7H3;7-10H,11H2,1-6H3,(H,17,18);7-10H,11H2,1-6H3;7-10H,1-6H3;11H,7-10H2,1-6H3;2H,1H2;1H2. The number of nitrogens with one attached hydrogen (secondary N) is 2. The molecule has 11 nitrogen and oxygen atoms in total. The van der Waals surface area contributed by atoms with Crippen LogP contribution in [0.25, 0.3) is 0 Å². The van der Waals surface area contributed by atoms with E-state index in [-0.39, 0.29) is 88.2 Å². The summed E-state index contributed by atoms with van der Waals surface area (Å²) in [6.07, 6.45) is 7.03. The van der Waals surface area contributed by atoms with Crippen LogP contribution in [0.4, 0.5) is 5.69 Å². The molecule has 6 rings (SSSR count). The number of likely N-dealkylation sites (tertiary alicyclic amines) is 1. The van der Waals surface area contributed by atoms with Gasteiger partial charge in [0.1, 0.15) is 18.3 Å². The first-order valence-electron chi connectivity index (χ1n) is 39.9. The molecule has 5 aromatic rings. The predicted molar refractivity (Wildman–Crippen MR) is 472 cm³/mol. The van der Waals surface area contributed by atoms with Crippen LogP contribution < -0.4 is 10.1 Å². The molecule has 0 radical (unpaired) electrons. The Kier molecular flexibility index (Phi) is 41.7. The van der Waals surface area contributed by atoms with Crippen LogP contribution in [0.1, 0.15) is 360 Å². The van der Waals surface area contributed by atoms with E-state index in [4.69, 9.17) is 14.9 Å². The third-order valence-corrected chi connectivity index (χ3v) is 18.2. The molecule has 2 atom stereocenters. The molecule has 2 amide bonds. The first kappa shape index (κ1) is 105. The summed E-state index contributed by atoms with van der Waals surface area (Å²) in [5.74, 6) is 2.63. The number of rotatable bonds is 14. The highest BCUT2D eigenvalue weighted by Crippen LogP contribution is 2.38. The lowest BCUT2D eigenvalue weighted by Crippen LogP contribution is -2.44. The second-order valence-corrected chi connectivity index (χ2v) is 43.4. The van der Waals surface area contributed by atoms with E-state index in [1.165, 1.54) is 28.7 Å². The molecule has 110 heavy (non-hydrogen) atoms. The summed E-state index contributed by atoms with van der Waals surface area (Å²) >= 11 is 0. The third-order valence-electron chi connectivity index (χ3n) is 18.2. The van der Waals surface area contributed by atoms with Crippen LogP contribution in [0, 0.1) is 54.6 Å². The molecular formula is C99H159N3O8. The second-order valence-electron chi connectivity index (χ2n) is 43.4. The van der Waals surface area contributed by atoms with Crippen LogP contribution in [-0.4, -0.2) is 73.1 Å². The maximum atomic E-state index is 12.3. The molecule has 0 aliphatic carbocycles. The van der Waals surface area contributed by atoms with Gasteiger partial charge in [0.25, 0.3) is 0 Å². The molecule has 618 valence electrons. The Morgan fingerprint density at radius 2 is 0.845 bits per heavy atom. The smallest absolute Gasteiger partial charge is 0.224 e. The average molecular weight is 1520 g/mol. The van der Waals surface area contributed by atoms with Crippen LogP contribution in [0.15, 0.2) is 121 Å². The fraction of sp³-hybridized carbons (Fsp3) is 0.616. The zero-order valence-corrected chi connectivity index (χ0v) is 76.9. The molecule has 0 aromatic heterocycles. The summed E-state index contributed by atoms with van der Waals surface area (Å²) in [5, 5.41) is 8.53. The lowest BCUT2D eigenvalue weighted by atomic mass is 9.73. The monoisotopic (exact) mass is 1520 g/mol. The summed E-state index contributed by atoms with van der Waals surface area (Å²) in [6.45, 7) is 82.2. The van der Waals surface area contributed by atoms with E-state index in [2.05, 4.69) is 300 Å². The number of carbonyl (C=O) groups is 7. The summed E-state index contributed by atoms with van der Waals surface area (Å²) in [7, 11) is 1.66. The van der Waals surface area contributed by atoms with E-state index in [1.807, 2.05) is 94.3 Å². The average Bonchev–Trinajstić information content (AvgIpc) is 1.11. The van der Waals surface area contributed by atoms with Crippen molar-refractivity contribution in [2.75, 3.05) is 19.0 Å². The van der Waals surface area contributed by atoms with E-state index in [1.54, 1.807) is 7.11 Å². The Labute approximate surface area is 673 Å². The number of methoxy groups -OCH3 is 1. The fourth-order valence-electron chi connectivity index (χ4n) is 12.3. The molecule has 0 bridgehead atoms. The number of benzene rings is 5. The quantitative estimate of drug-likeness (QED) is 0.0818.